The van der Waals surface area contributed by atoms with Gasteiger partial charge in [-0.1, -0.05) is 12.8 Å². The monoisotopic (exact) mass is 311 g/mol. The van der Waals surface area contributed by atoms with Crippen LogP contribution in [0, 0.1) is 19.8 Å². The number of esters is 1. The normalized spacial score (nSPS) is 16.1. The van der Waals surface area contributed by atoms with Crippen LogP contribution in [-0.4, -0.2) is 21.0 Å². The molecule has 1 aliphatic carbocycles. The predicted molar refractivity (Wildman–Crippen MR) is 79.5 cm³/mol. The van der Waals surface area contributed by atoms with E-state index in [-0.39, 0.29) is 10.5 Å². The Morgan fingerprint density at radius 1 is 1.29 bits per heavy atom. The summed E-state index contributed by atoms with van der Waals surface area (Å²) in [7, 11) is -3.85. The fraction of sp³-hybridized carbons (Fsp3) is 0.533. The first-order valence-electron chi connectivity index (χ1n) is 7.10. The average Bonchev–Trinajstić information content (AvgIpc) is 2.90. The molecule has 6 heteroatoms. The fourth-order valence-electron chi connectivity index (χ4n) is 2.69. The van der Waals surface area contributed by atoms with E-state index in [9.17, 15) is 13.2 Å². The van der Waals surface area contributed by atoms with Gasteiger partial charge in [-0.2, -0.15) is 0 Å². The van der Waals surface area contributed by atoms with E-state index < -0.39 is 16.0 Å². The highest BCUT2D eigenvalue weighted by Crippen LogP contribution is 2.25. The second-order valence-electron chi connectivity index (χ2n) is 5.71. The predicted octanol–water partition coefficient (Wildman–Crippen LogP) is 2.30. The van der Waals surface area contributed by atoms with E-state index in [1.165, 1.54) is 18.9 Å². The summed E-state index contributed by atoms with van der Waals surface area (Å²) < 4.78 is 28.4. The maximum absolute atomic E-state index is 12.1. The van der Waals surface area contributed by atoms with Crippen LogP contribution >= 0.6 is 0 Å². The van der Waals surface area contributed by atoms with Crippen molar-refractivity contribution in [2.45, 2.75) is 44.4 Å². The van der Waals surface area contributed by atoms with E-state index in [4.69, 9.17) is 9.88 Å². The molecular formula is C15H21NO4S. The second-order valence-corrected chi connectivity index (χ2v) is 7.24. The minimum atomic E-state index is -3.85. The van der Waals surface area contributed by atoms with Crippen molar-refractivity contribution < 1.29 is 17.9 Å². The van der Waals surface area contributed by atoms with E-state index in [0.29, 0.717) is 23.7 Å². The lowest BCUT2D eigenvalue weighted by atomic mass is 10.1. The topological polar surface area (TPSA) is 86.5 Å². The van der Waals surface area contributed by atoms with E-state index in [1.807, 2.05) is 0 Å². The molecule has 1 aliphatic rings. The van der Waals surface area contributed by atoms with Crippen LogP contribution in [-0.2, 0) is 14.8 Å². The van der Waals surface area contributed by atoms with Crippen molar-refractivity contribution >= 4 is 16.0 Å². The van der Waals surface area contributed by atoms with E-state index in [2.05, 4.69) is 0 Å². The molecule has 0 aliphatic heterocycles. The molecule has 2 rings (SSSR count). The van der Waals surface area contributed by atoms with Gasteiger partial charge in [-0.25, -0.2) is 18.4 Å². The molecule has 0 amide bonds. The molecular weight excluding hydrogens is 290 g/mol. The van der Waals surface area contributed by atoms with Gasteiger partial charge in [0.05, 0.1) is 17.1 Å². The van der Waals surface area contributed by atoms with Gasteiger partial charge < -0.3 is 4.74 Å². The molecule has 1 saturated carbocycles. The summed E-state index contributed by atoms with van der Waals surface area (Å²) >= 11 is 0. The van der Waals surface area contributed by atoms with Crippen LogP contribution in [0.15, 0.2) is 17.0 Å². The number of hydrogen-bond donors (Lipinski definition) is 1. The lowest BCUT2D eigenvalue weighted by Crippen LogP contribution is -2.17. The number of primary sulfonamides is 1. The Hall–Kier alpha value is -1.40. The summed E-state index contributed by atoms with van der Waals surface area (Å²) in [6.45, 7) is 3.82. The zero-order chi connectivity index (χ0) is 15.6. The Kier molecular flexibility index (Phi) is 4.68. The summed E-state index contributed by atoms with van der Waals surface area (Å²) in [4.78, 5) is 12.1. The first-order valence-corrected chi connectivity index (χ1v) is 8.65. The van der Waals surface area contributed by atoms with E-state index in [1.54, 1.807) is 19.9 Å². The van der Waals surface area contributed by atoms with Gasteiger partial charge in [-0.15, -0.1) is 0 Å². The van der Waals surface area contributed by atoms with Crippen molar-refractivity contribution in [3.05, 3.63) is 28.8 Å². The Morgan fingerprint density at radius 2 is 1.90 bits per heavy atom. The molecule has 1 aromatic carbocycles. The average molecular weight is 311 g/mol. The Bertz CT molecular complexity index is 646. The van der Waals surface area contributed by atoms with Crippen molar-refractivity contribution in [3.8, 4) is 0 Å². The molecule has 1 aromatic rings. The third kappa shape index (κ3) is 3.83. The van der Waals surface area contributed by atoms with Crippen LogP contribution in [0.25, 0.3) is 0 Å². The van der Waals surface area contributed by atoms with Crippen LogP contribution in [0.1, 0.15) is 47.2 Å². The standard InChI is InChI=1S/C15H21NO4S/c1-10-7-13(8-14(11(10)2)21(16,18)19)15(17)20-9-12-5-3-4-6-12/h7-8,12H,3-6,9H2,1-2H3,(H2,16,18,19). The summed E-state index contributed by atoms with van der Waals surface area (Å²) in [5, 5.41) is 5.19. The SMILES string of the molecule is Cc1cc(C(=O)OCC2CCCC2)cc(S(N)(=O)=O)c1C. The van der Waals surface area contributed by atoms with Crippen molar-refractivity contribution in [1.82, 2.24) is 0 Å². The molecule has 0 unspecified atom stereocenters. The first kappa shape index (κ1) is 16.0. The third-order valence-electron chi connectivity index (χ3n) is 4.09. The van der Waals surface area contributed by atoms with Gasteiger partial charge in [-0.3, -0.25) is 0 Å². The molecule has 0 heterocycles. The summed E-state index contributed by atoms with van der Waals surface area (Å²) in [6, 6.07) is 2.94. The molecule has 0 atom stereocenters. The molecule has 0 saturated heterocycles. The van der Waals surface area contributed by atoms with E-state index in [0.717, 1.165) is 12.8 Å². The molecule has 2 N–H and O–H groups in total. The second kappa shape index (κ2) is 6.15. The van der Waals surface area contributed by atoms with Crippen molar-refractivity contribution in [3.63, 3.8) is 0 Å². The van der Waals surface area contributed by atoms with Crippen LogP contribution in [0.5, 0.6) is 0 Å². The van der Waals surface area contributed by atoms with E-state index >= 15 is 0 Å². The molecule has 5 nitrogen and oxygen atoms in total. The molecule has 0 aromatic heterocycles. The van der Waals surface area contributed by atoms with Gasteiger partial charge in [0.15, 0.2) is 0 Å². The number of carbonyl (C=O) groups excluding carboxylic acids is 1. The Morgan fingerprint density at radius 3 is 2.48 bits per heavy atom. The maximum Gasteiger partial charge on any atom is 0.338 e. The van der Waals surface area contributed by atoms with Crippen LogP contribution in [0.3, 0.4) is 0 Å². The molecule has 0 spiro atoms. The minimum absolute atomic E-state index is 0.0182. The fourth-order valence-corrected chi connectivity index (χ4v) is 3.57. The highest BCUT2D eigenvalue weighted by Gasteiger charge is 2.20. The van der Waals surface area contributed by atoms with Crippen molar-refractivity contribution in [1.29, 1.82) is 0 Å². The Balaban J connectivity index is 2.19. The van der Waals surface area contributed by atoms with Gasteiger partial charge in [0.25, 0.3) is 0 Å². The molecule has 1 fully saturated rings. The van der Waals surface area contributed by atoms with Gasteiger partial charge >= 0.3 is 5.97 Å². The van der Waals surface area contributed by atoms with Gasteiger partial charge in [0, 0.05) is 0 Å². The molecule has 0 radical (unpaired) electrons. The maximum atomic E-state index is 12.1. The lowest BCUT2D eigenvalue weighted by molar-refractivity contribution is 0.0442. The summed E-state index contributed by atoms with van der Waals surface area (Å²) in [5.74, 6) is -0.0619. The first-order chi connectivity index (χ1) is 9.79. The number of benzene rings is 1. The number of sulfonamides is 1. The highest BCUT2D eigenvalue weighted by atomic mass is 32.2. The summed E-state index contributed by atoms with van der Waals surface area (Å²) in [6.07, 6.45) is 4.54. The minimum Gasteiger partial charge on any atom is -0.462 e. The van der Waals surface area contributed by atoms with Gasteiger partial charge in [0.1, 0.15) is 0 Å². The number of hydrogen-bond acceptors (Lipinski definition) is 4. The number of aryl methyl sites for hydroxylation is 1. The summed E-state index contributed by atoms with van der Waals surface area (Å²) in [5.41, 5.74) is 1.50. The number of rotatable bonds is 4. The smallest absolute Gasteiger partial charge is 0.338 e. The molecule has 0 bridgehead atoms. The largest absolute Gasteiger partial charge is 0.462 e. The van der Waals surface area contributed by atoms with Gasteiger partial charge in [0.2, 0.25) is 10.0 Å². The highest BCUT2D eigenvalue weighted by molar-refractivity contribution is 7.89. The van der Waals surface area contributed by atoms with Crippen LogP contribution in [0.4, 0.5) is 0 Å². The van der Waals surface area contributed by atoms with Crippen molar-refractivity contribution in [2.75, 3.05) is 6.61 Å². The molecule has 116 valence electrons. The molecule has 21 heavy (non-hydrogen) atoms. The van der Waals surface area contributed by atoms with Crippen molar-refractivity contribution in [2.24, 2.45) is 11.1 Å². The van der Waals surface area contributed by atoms with Gasteiger partial charge in [-0.05, 0) is 55.9 Å². The zero-order valence-electron chi connectivity index (χ0n) is 12.4. The number of ether oxygens (including phenoxy) is 1. The quantitative estimate of drug-likeness (QED) is 0.864. The lowest BCUT2D eigenvalue weighted by Gasteiger charge is -2.12. The number of carbonyl (C=O) groups is 1. The number of nitrogens with two attached hydrogens (primary N) is 1. The van der Waals surface area contributed by atoms with Crippen LogP contribution < -0.4 is 5.14 Å². The third-order valence-corrected chi connectivity index (χ3v) is 5.12. The Labute approximate surface area is 125 Å². The van der Waals surface area contributed by atoms with Crippen LogP contribution in [0.2, 0.25) is 0 Å². The zero-order valence-corrected chi connectivity index (χ0v) is 13.2.